The molecule has 14 heteroatoms. The summed E-state index contributed by atoms with van der Waals surface area (Å²) in [4.78, 5) is 21.3. The molecule has 0 spiro atoms. The van der Waals surface area contributed by atoms with Crippen molar-refractivity contribution in [1.29, 1.82) is 0 Å². The van der Waals surface area contributed by atoms with Gasteiger partial charge in [-0.25, -0.2) is 9.61 Å². The summed E-state index contributed by atoms with van der Waals surface area (Å²) < 4.78 is 43.7. The van der Waals surface area contributed by atoms with E-state index in [1.807, 2.05) is 14.7 Å². The molecule has 1 aromatic carbocycles. The van der Waals surface area contributed by atoms with Gasteiger partial charge in [-0.2, -0.15) is 13.2 Å². The molecule has 5 rings (SSSR count). The lowest BCUT2D eigenvalue weighted by atomic mass is 10.1. The van der Waals surface area contributed by atoms with Gasteiger partial charge in [0.2, 0.25) is 5.52 Å². The Morgan fingerprint density at radius 2 is 1.54 bits per heavy atom. The number of pyridine rings is 1. The molecule has 0 atom stereocenters. The molecule has 2 aromatic heterocycles. The van der Waals surface area contributed by atoms with E-state index < -0.39 is 16.7 Å². The van der Waals surface area contributed by atoms with Crippen LogP contribution in [0.4, 0.5) is 36.1 Å². The molecule has 3 aromatic rings. The average Bonchev–Trinajstić information content (AvgIpc) is 3.32. The van der Waals surface area contributed by atoms with Crippen molar-refractivity contribution in [2.45, 2.75) is 25.4 Å². The number of nitrogens with zero attached hydrogens (tertiary/aromatic N) is 7. The van der Waals surface area contributed by atoms with Crippen molar-refractivity contribution < 1.29 is 22.7 Å². The number of nitro groups is 1. The van der Waals surface area contributed by atoms with Gasteiger partial charge in [-0.05, 0) is 41.7 Å². The molecule has 10 nitrogen and oxygen atoms in total. The van der Waals surface area contributed by atoms with Gasteiger partial charge in [0.25, 0.3) is 0 Å². The number of anilines is 3. The van der Waals surface area contributed by atoms with Gasteiger partial charge in [0.1, 0.15) is 11.5 Å². The Kier molecular flexibility index (Phi) is 6.03. The lowest BCUT2D eigenvalue weighted by Gasteiger charge is -2.37. The summed E-state index contributed by atoms with van der Waals surface area (Å²) in [5.74, 6) is 0.283. The maximum absolute atomic E-state index is 12.9. The number of hydrogen-bond donors (Lipinski definition) is 0. The van der Waals surface area contributed by atoms with E-state index in [9.17, 15) is 23.3 Å². The van der Waals surface area contributed by atoms with E-state index in [0.29, 0.717) is 56.2 Å². The number of aromatic nitrogens is 3. The van der Waals surface area contributed by atoms with Crippen molar-refractivity contribution in [3.8, 4) is 0 Å². The third-order valence-electron chi connectivity index (χ3n) is 6.42. The Hall–Kier alpha value is -3.35. The molecule has 0 bridgehead atoms. The number of rotatable bonds is 4. The highest BCUT2D eigenvalue weighted by atomic mass is 35.5. The van der Waals surface area contributed by atoms with Crippen LogP contribution < -0.4 is 14.7 Å². The van der Waals surface area contributed by atoms with E-state index >= 15 is 0 Å². The van der Waals surface area contributed by atoms with Crippen LogP contribution in [-0.2, 0) is 6.18 Å². The molecule has 35 heavy (non-hydrogen) atoms. The number of halogens is 4. The van der Waals surface area contributed by atoms with E-state index in [-0.39, 0.29) is 22.0 Å². The molecule has 2 saturated heterocycles. The molecule has 186 valence electrons. The fourth-order valence-corrected chi connectivity index (χ4v) is 4.96. The van der Waals surface area contributed by atoms with E-state index in [4.69, 9.17) is 16.2 Å². The maximum atomic E-state index is 12.9. The van der Waals surface area contributed by atoms with E-state index in [0.717, 1.165) is 31.5 Å². The highest BCUT2D eigenvalue weighted by molar-refractivity contribution is 6.33. The second-order valence-corrected chi connectivity index (χ2v) is 8.94. The van der Waals surface area contributed by atoms with Crippen LogP contribution in [0, 0.1) is 10.1 Å². The normalized spacial score (nSPS) is 17.3. The van der Waals surface area contributed by atoms with Crippen molar-refractivity contribution in [2.24, 2.45) is 0 Å². The molecule has 2 fully saturated rings. The first-order valence-electron chi connectivity index (χ1n) is 11.2. The van der Waals surface area contributed by atoms with Crippen LogP contribution in [0.3, 0.4) is 0 Å². The Morgan fingerprint density at radius 3 is 2.17 bits per heavy atom. The molecular weight excluding hydrogens is 491 g/mol. The zero-order valence-electron chi connectivity index (χ0n) is 18.5. The lowest BCUT2D eigenvalue weighted by Crippen LogP contribution is -2.47. The number of piperazine rings is 1. The molecule has 0 amide bonds. The van der Waals surface area contributed by atoms with E-state index in [1.54, 1.807) is 6.07 Å². The molecule has 4 heterocycles. The summed E-state index contributed by atoms with van der Waals surface area (Å²) in [6.45, 7) is 3.23. The third kappa shape index (κ3) is 4.40. The largest absolute Gasteiger partial charge is 0.417 e. The minimum Gasteiger partial charge on any atom is -0.366 e. The maximum Gasteiger partial charge on any atom is 0.417 e. The molecule has 0 saturated carbocycles. The Balaban J connectivity index is 1.43. The fourth-order valence-electron chi connectivity index (χ4n) is 4.67. The van der Waals surface area contributed by atoms with Gasteiger partial charge in [-0.1, -0.05) is 11.6 Å². The number of piperidine rings is 1. The Labute approximate surface area is 202 Å². The van der Waals surface area contributed by atoms with Crippen molar-refractivity contribution in [3.63, 3.8) is 0 Å². The Bertz CT molecular complexity index is 1250. The first-order chi connectivity index (χ1) is 16.7. The summed E-state index contributed by atoms with van der Waals surface area (Å²) >= 11 is 6.12. The molecule has 0 radical (unpaired) electrons. The number of alkyl halides is 3. The minimum absolute atomic E-state index is 0.0703. The van der Waals surface area contributed by atoms with Crippen molar-refractivity contribution in [3.05, 3.63) is 39.0 Å². The topological polar surface area (TPSA) is 105 Å². The van der Waals surface area contributed by atoms with Crippen LogP contribution in [0.1, 0.15) is 24.8 Å². The summed E-state index contributed by atoms with van der Waals surface area (Å²) in [6.07, 6.45) is -0.776. The summed E-state index contributed by atoms with van der Waals surface area (Å²) in [5.41, 5.74) is 0.536. The van der Waals surface area contributed by atoms with Crippen LogP contribution >= 0.6 is 11.6 Å². The highest BCUT2D eigenvalue weighted by Gasteiger charge is 2.34. The molecule has 0 N–H and O–H groups in total. The van der Waals surface area contributed by atoms with Crippen LogP contribution in [0.25, 0.3) is 11.0 Å². The van der Waals surface area contributed by atoms with Crippen molar-refractivity contribution in [2.75, 3.05) is 54.0 Å². The predicted octanol–water partition coefficient (Wildman–Crippen LogP) is 4.52. The lowest BCUT2D eigenvalue weighted by molar-refractivity contribution is -0.382. The molecule has 0 unspecified atom stereocenters. The van der Waals surface area contributed by atoms with Gasteiger partial charge in [0.05, 0.1) is 21.2 Å². The SMILES string of the molecule is O=[N+]([O-])c1c(N2CCCCC2)cc(N2CCN(c3ncc(C(F)(F)F)cc3Cl)CC2)c2nonc12. The highest BCUT2D eigenvalue weighted by Crippen LogP contribution is 2.42. The monoisotopic (exact) mass is 511 g/mol. The zero-order chi connectivity index (χ0) is 24.7. The predicted molar refractivity (Wildman–Crippen MR) is 123 cm³/mol. The quantitative estimate of drug-likeness (QED) is 0.369. The van der Waals surface area contributed by atoms with Crippen LogP contribution in [0.2, 0.25) is 5.02 Å². The fraction of sp³-hybridized carbons (Fsp3) is 0.476. The van der Waals surface area contributed by atoms with Crippen LogP contribution in [0.15, 0.2) is 23.0 Å². The van der Waals surface area contributed by atoms with E-state index in [2.05, 4.69) is 15.3 Å². The van der Waals surface area contributed by atoms with Gasteiger partial charge >= 0.3 is 11.9 Å². The summed E-state index contributed by atoms with van der Waals surface area (Å²) in [5, 5.41) is 19.7. The number of fused-ring (bicyclic) bond motifs is 1. The number of nitro benzene ring substituents is 1. The van der Waals surface area contributed by atoms with Crippen molar-refractivity contribution >= 4 is 45.5 Å². The minimum atomic E-state index is -4.52. The molecular formula is C21H21ClF3N7O3. The van der Waals surface area contributed by atoms with Crippen LogP contribution in [0.5, 0.6) is 0 Å². The molecule has 2 aliphatic rings. The van der Waals surface area contributed by atoms with Crippen molar-refractivity contribution in [1.82, 2.24) is 15.3 Å². The summed E-state index contributed by atoms with van der Waals surface area (Å²) in [7, 11) is 0. The van der Waals surface area contributed by atoms with Gasteiger partial charge in [-0.3, -0.25) is 10.1 Å². The standard InChI is InChI=1S/C21H21ClF3N7O3/c22-14-10-13(21(23,24)25)12-26-20(14)31-8-6-30(7-9-31)15-11-16(29-4-2-1-3-5-29)19(32(33)34)18-17(15)27-35-28-18/h10-12H,1-9H2. The Morgan fingerprint density at radius 1 is 0.914 bits per heavy atom. The molecule has 2 aliphatic heterocycles. The van der Waals surface area contributed by atoms with E-state index in [1.165, 1.54) is 0 Å². The second kappa shape index (κ2) is 9.02. The first-order valence-corrected chi connectivity index (χ1v) is 11.5. The second-order valence-electron chi connectivity index (χ2n) is 8.53. The third-order valence-corrected chi connectivity index (χ3v) is 6.70. The zero-order valence-corrected chi connectivity index (χ0v) is 19.2. The number of benzene rings is 1. The smallest absolute Gasteiger partial charge is 0.366 e. The average molecular weight is 512 g/mol. The molecule has 0 aliphatic carbocycles. The van der Waals surface area contributed by atoms with Gasteiger partial charge in [-0.15, -0.1) is 0 Å². The first kappa shape index (κ1) is 23.4. The van der Waals surface area contributed by atoms with Gasteiger partial charge < -0.3 is 14.7 Å². The van der Waals surface area contributed by atoms with Crippen LogP contribution in [-0.4, -0.2) is 59.5 Å². The van der Waals surface area contributed by atoms with Gasteiger partial charge in [0, 0.05) is 45.5 Å². The number of hydrogen-bond acceptors (Lipinski definition) is 9. The van der Waals surface area contributed by atoms with Gasteiger partial charge in [0.15, 0.2) is 5.52 Å². The summed E-state index contributed by atoms with van der Waals surface area (Å²) in [6, 6.07) is 2.65.